The van der Waals surface area contributed by atoms with Gasteiger partial charge in [0.05, 0.1) is 12.8 Å². The van der Waals surface area contributed by atoms with Crippen molar-refractivity contribution in [3.63, 3.8) is 0 Å². The number of ether oxygens (including phenoxy) is 1. The molecule has 1 atom stereocenters. The van der Waals surface area contributed by atoms with E-state index in [-0.39, 0.29) is 11.9 Å². The summed E-state index contributed by atoms with van der Waals surface area (Å²) in [5.41, 5.74) is 1.27. The van der Waals surface area contributed by atoms with Gasteiger partial charge < -0.3 is 14.5 Å². The number of likely N-dealkylation sites (N-methyl/N-ethyl adjacent to an activating group) is 1. The lowest BCUT2D eigenvalue weighted by Crippen LogP contribution is -2.39. The van der Waals surface area contributed by atoms with Crippen LogP contribution in [0.15, 0.2) is 11.6 Å². The summed E-state index contributed by atoms with van der Waals surface area (Å²) in [4.78, 5) is 34.9. The van der Waals surface area contributed by atoms with Crippen LogP contribution >= 0.6 is 23.1 Å². The van der Waals surface area contributed by atoms with Gasteiger partial charge >= 0.3 is 5.97 Å². The number of hydrogen-bond donors (Lipinski definition) is 1. The van der Waals surface area contributed by atoms with Crippen molar-refractivity contribution < 1.29 is 14.3 Å². The first kappa shape index (κ1) is 22.1. The molecule has 1 saturated heterocycles. The van der Waals surface area contributed by atoms with Gasteiger partial charge in [-0.2, -0.15) is 11.8 Å². The fourth-order valence-corrected chi connectivity index (χ4v) is 4.68. The third kappa shape index (κ3) is 5.30. The van der Waals surface area contributed by atoms with E-state index in [4.69, 9.17) is 4.74 Å². The number of nitrogens with one attached hydrogen (secondary N) is 1. The van der Waals surface area contributed by atoms with Crippen LogP contribution in [0.5, 0.6) is 0 Å². The molecule has 1 aliphatic heterocycles. The first-order chi connectivity index (χ1) is 14.0. The average molecular weight is 440 g/mol. The molecule has 0 saturated carbocycles. The van der Waals surface area contributed by atoms with E-state index in [0.29, 0.717) is 25.2 Å². The van der Waals surface area contributed by atoms with Crippen molar-refractivity contribution in [3.05, 3.63) is 23.0 Å². The Morgan fingerprint density at radius 1 is 1.34 bits per heavy atom. The van der Waals surface area contributed by atoms with Crippen molar-refractivity contribution in [1.82, 2.24) is 24.5 Å². The fraction of sp³-hybridized carbons (Fsp3) is 0.632. The summed E-state index contributed by atoms with van der Waals surface area (Å²) >= 11 is 3.19. The molecule has 1 aliphatic rings. The number of nitrogens with zero attached hydrogens (tertiary/aromatic N) is 4. The van der Waals surface area contributed by atoms with Crippen molar-refractivity contribution in [2.75, 3.05) is 52.3 Å². The number of imidazole rings is 1. The monoisotopic (exact) mass is 439 g/mol. The van der Waals surface area contributed by atoms with Crippen molar-refractivity contribution >= 4 is 39.9 Å². The molecule has 160 valence electrons. The highest BCUT2D eigenvalue weighted by molar-refractivity contribution is 7.98. The molecule has 2 aromatic heterocycles. The zero-order valence-corrected chi connectivity index (χ0v) is 18.9. The van der Waals surface area contributed by atoms with Gasteiger partial charge in [-0.05, 0) is 38.4 Å². The minimum absolute atomic E-state index is 0.0354. The molecule has 1 N–H and O–H groups in total. The Kier molecular flexibility index (Phi) is 7.93. The third-order valence-electron chi connectivity index (χ3n) is 5.18. The molecule has 3 heterocycles. The molecule has 0 radical (unpaired) electrons. The number of thiazole rings is 1. The normalized spacial score (nSPS) is 16.7. The zero-order valence-electron chi connectivity index (χ0n) is 17.2. The van der Waals surface area contributed by atoms with Gasteiger partial charge in [0.1, 0.15) is 6.04 Å². The van der Waals surface area contributed by atoms with Gasteiger partial charge in [0, 0.05) is 37.8 Å². The Morgan fingerprint density at radius 3 is 2.93 bits per heavy atom. The molecule has 1 unspecified atom stereocenters. The number of amides is 1. The molecule has 1 fully saturated rings. The fourth-order valence-electron chi connectivity index (χ4n) is 3.47. The summed E-state index contributed by atoms with van der Waals surface area (Å²) in [6, 6.07) is -0.411. The summed E-state index contributed by atoms with van der Waals surface area (Å²) in [5.74, 6) is 0.528. The highest BCUT2D eigenvalue weighted by atomic mass is 32.2. The Balaban J connectivity index is 1.80. The van der Waals surface area contributed by atoms with Crippen LogP contribution in [-0.2, 0) is 16.1 Å². The molecule has 0 aromatic carbocycles. The molecule has 8 nitrogen and oxygen atoms in total. The number of fused-ring (bicyclic) bond motifs is 1. The van der Waals surface area contributed by atoms with E-state index in [9.17, 15) is 9.59 Å². The minimum Gasteiger partial charge on any atom is -0.468 e. The van der Waals surface area contributed by atoms with Crippen molar-refractivity contribution in [2.24, 2.45) is 0 Å². The Labute approximate surface area is 179 Å². The van der Waals surface area contributed by atoms with Crippen LogP contribution < -0.4 is 5.32 Å². The molecule has 3 rings (SSSR count). The standard InChI is InChI=1S/C19H29N5O3S2/c1-22-6-4-7-23(9-8-22)17(25)16-15(24-10-12-29-19(24)21-16)13-20-14(5-11-28-3)18(26)27-2/h10,12,14,20H,4-9,11,13H2,1-3H3. The second-order valence-corrected chi connectivity index (χ2v) is 9.01. The van der Waals surface area contributed by atoms with Crippen LogP contribution in [0.2, 0.25) is 0 Å². The van der Waals surface area contributed by atoms with Crippen molar-refractivity contribution in [1.29, 1.82) is 0 Å². The van der Waals surface area contributed by atoms with Crippen molar-refractivity contribution in [2.45, 2.75) is 25.4 Å². The van der Waals surface area contributed by atoms with E-state index in [1.807, 2.05) is 27.1 Å². The lowest BCUT2D eigenvalue weighted by molar-refractivity contribution is -0.143. The predicted octanol–water partition coefficient (Wildman–Crippen LogP) is 1.56. The molecule has 0 aliphatic carbocycles. The van der Waals surface area contributed by atoms with Crippen LogP contribution in [0.25, 0.3) is 4.96 Å². The van der Waals surface area contributed by atoms with E-state index in [0.717, 1.165) is 42.5 Å². The third-order valence-corrected chi connectivity index (χ3v) is 6.58. The molecule has 0 bridgehead atoms. The van der Waals surface area contributed by atoms with Gasteiger partial charge in [-0.25, -0.2) is 4.98 Å². The Bertz CT molecular complexity index is 837. The second-order valence-electron chi connectivity index (χ2n) is 7.15. The van der Waals surface area contributed by atoms with Gasteiger partial charge in [0.25, 0.3) is 5.91 Å². The Hall–Kier alpha value is -1.62. The maximum atomic E-state index is 13.3. The number of thioether (sulfide) groups is 1. The first-order valence-electron chi connectivity index (χ1n) is 9.77. The average Bonchev–Trinajstić information content (AvgIpc) is 3.24. The van der Waals surface area contributed by atoms with Gasteiger partial charge in [-0.1, -0.05) is 0 Å². The lowest BCUT2D eigenvalue weighted by Gasteiger charge is -2.21. The quantitative estimate of drug-likeness (QED) is 0.625. The number of hydrogen-bond acceptors (Lipinski definition) is 8. The van der Waals surface area contributed by atoms with Gasteiger partial charge in [-0.3, -0.25) is 19.3 Å². The molecule has 1 amide bonds. The van der Waals surface area contributed by atoms with Crippen molar-refractivity contribution in [3.8, 4) is 0 Å². The van der Waals surface area contributed by atoms with Crippen LogP contribution in [0.3, 0.4) is 0 Å². The van der Waals surface area contributed by atoms with E-state index in [2.05, 4.69) is 22.2 Å². The number of aromatic nitrogens is 2. The lowest BCUT2D eigenvalue weighted by atomic mass is 10.2. The maximum Gasteiger partial charge on any atom is 0.322 e. The van der Waals surface area contributed by atoms with Crippen LogP contribution in [0, 0.1) is 0 Å². The summed E-state index contributed by atoms with van der Waals surface area (Å²) in [5, 5.41) is 5.24. The summed E-state index contributed by atoms with van der Waals surface area (Å²) in [6.45, 7) is 3.67. The van der Waals surface area contributed by atoms with Crippen LogP contribution in [0.4, 0.5) is 0 Å². The summed E-state index contributed by atoms with van der Waals surface area (Å²) in [6.07, 6.45) is 5.56. The number of rotatable bonds is 8. The SMILES string of the molecule is COC(=O)C(CCSC)NCc1c(C(=O)N2CCCN(C)CC2)nc2sccn12. The second kappa shape index (κ2) is 10.4. The molecular formula is C19H29N5O3S2. The number of carbonyl (C=O) groups is 2. The largest absolute Gasteiger partial charge is 0.468 e. The minimum atomic E-state index is -0.411. The highest BCUT2D eigenvalue weighted by Gasteiger charge is 2.27. The first-order valence-corrected chi connectivity index (χ1v) is 12.0. The molecule has 0 spiro atoms. The molecule has 10 heteroatoms. The van der Waals surface area contributed by atoms with Crippen LogP contribution in [0.1, 0.15) is 29.0 Å². The van der Waals surface area contributed by atoms with E-state index in [1.54, 1.807) is 11.8 Å². The van der Waals surface area contributed by atoms with Gasteiger partial charge in [-0.15, -0.1) is 11.3 Å². The molecule has 2 aromatic rings. The predicted molar refractivity (Wildman–Crippen MR) is 117 cm³/mol. The zero-order chi connectivity index (χ0) is 20.8. The van der Waals surface area contributed by atoms with Gasteiger partial charge in [0.2, 0.25) is 0 Å². The smallest absolute Gasteiger partial charge is 0.322 e. The molecular weight excluding hydrogens is 410 g/mol. The van der Waals surface area contributed by atoms with E-state index >= 15 is 0 Å². The summed E-state index contributed by atoms with van der Waals surface area (Å²) < 4.78 is 6.88. The molecule has 29 heavy (non-hydrogen) atoms. The van der Waals surface area contributed by atoms with Crippen LogP contribution in [-0.4, -0.2) is 89.4 Å². The topological polar surface area (TPSA) is 79.2 Å². The van der Waals surface area contributed by atoms with E-state index in [1.165, 1.54) is 18.4 Å². The highest BCUT2D eigenvalue weighted by Crippen LogP contribution is 2.20. The van der Waals surface area contributed by atoms with Gasteiger partial charge in [0.15, 0.2) is 10.7 Å². The number of esters is 1. The number of carbonyl (C=O) groups excluding carboxylic acids is 2. The van der Waals surface area contributed by atoms with E-state index < -0.39 is 6.04 Å². The number of methoxy groups -OCH3 is 1. The maximum absolute atomic E-state index is 13.3. The summed E-state index contributed by atoms with van der Waals surface area (Å²) in [7, 11) is 3.48. The Morgan fingerprint density at radius 2 is 2.17 bits per heavy atom.